The number of hydrogen-bond donors (Lipinski definition) is 1. The van der Waals surface area contributed by atoms with E-state index < -0.39 is 32.6 Å². The highest BCUT2D eigenvalue weighted by Gasteiger charge is 2.30. The number of rotatable bonds is 4. The Balaban J connectivity index is 2.39. The summed E-state index contributed by atoms with van der Waals surface area (Å²) < 4.78 is 69.0. The van der Waals surface area contributed by atoms with Crippen LogP contribution in [-0.4, -0.2) is 21.5 Å². The Labute approximate surface area is 146 Å². The average Bonchev–Trinajstić information content (AvgIpc) is 2.53. The number of carbonyl (C=O) groups is 1. The summed E-state index contributed by atoms with van der Waals surface area (Å²) in [6, 6.07) is 6.74. The molecule has 0 atom stereocenters. The fourth-order valence-corrected chi connectivity index (χ4v) is 3.16. The number of methoxy groups -OCH3 is 1. The summed E-state index contributed by atoms with van der Waals surface area (Å²) in [6.07, 6.45) is -4.58. The van der Waals surface area contributed by atoms with Crippen LogP contribution in [0.5, 0.6) is 0 Å². The molecule has 0 unspecified atom stereocenters. The lowest BCUT2D eigenvalue weighted by Crippen LogP contribution is -2.16. The second-order valence-electron chi connectivity index (χ2n) is 4.81. The van der Waals surface area contributed by atoms with Crippen molar-refractivity contribution in [1.29, 1.82) is 0 Å². The molecule has 0 aliphatic rings. The third-order valence-corrected chi connectivity index (χ3v) is 4.74. The first-order chi connectivity index (χ1) is 11.5. The lowest BCUT2D eigenvalue weighted by molar-refractivity contribution is -0.137. The van der Waals surface area contributed by atoms with E-state index in [1.165, 1.54) is 18.2 Å². The third kappa shape index (κ3) is 4.43. The van der Waals surface area contributed by atoms with Crippen LogP contribution in [0.4, 0.5) is 18.9 Å². The van der Waals surface area contributed by atoms with Crippen molar-refractivity contribution in [3.8, 4) is 0 Å². The number of sulfonamides is 1. The summed E-state index contributed by atoms with van der Waals surface area (Å²) >= 11 is 5.80. The van der Waals surface area contributed by atoms with Crippen molar-refractivity contribution in [2.45, 2.75) is 11.1 Å². The SMILES string of the molecule is COC(=O)c1ccc(Cl)cc1NS(=O)(=O)c1ccc(C(F)(F)F)cc1. The molecule has 0 aliphatic carbocycles. The molecule has 5 nitrogen and oxygen atoms in total. The predicted octanol–water partition coefficient (Wildman–Crippen LogP) is 3.95. The number of carbonyl (C=O) groups excluding carboxylic acids is 1. The molecular weight excluding hydrogens is 383 g/mol. The molecule has 0 saturated carbocycles. The zero-order valence-electron chi connectivity index (χ0n) is 12.6. The average molecular weight is 394 g/mol. The first kappa shape index (κ1) is 19.1. The van der Waals surface area contributed by atoms with Crippen LogP contribution >= 0.6 is 11.6 Å². The number of ether oxygens (including phenoxy) is 1. The predicted molar refractivity (Wildman–Crippen MR) is 85.0 cm³/mol. The maximum absolute atomic E-state index is 12.6. The van der Waals surface area contributed by atoms with Crippen LogP contribution in [-0.2, 0) is 20.9 Å². The lowest BCUT2D eigenvalue weighted by Gasteiger charge is -2.13. The number of alkyl halides is 3. The highest BCUT2D eigenvalue weighted by atomic mass is 35.5. The van der Waals surface area contributed by atoms with Crippen LogP contribution in [0.15, 0.2) is 47.4 Å². The Morgan fingerprint density at radius 3 is 2.24 bits per heavy atom. The summed E-state index contributed by atoms with van der Waals surface area (Å²) in [6.45, 7) is 0. The molecule has 0 radical (unpaired) electrons. The van der Waals surface area contributed by atoms with Crippen LogP contribution in [0, 0.1) is 0 Å². The monoisotopic (exact) mass is 393 g/mol. The Morgan fingerprint density at radius 1 is 1.12 bits per heavy atom. The molecule has 2 rings (SSSR count). The summed E-state index contributed by atoms with van der Waals surface area (Å²) in [7, 11) is -3.12. The minimum Gasteiger partial charge on any atom is -0.465 e. The molecule has 2 aromatic carbocycles. The number of esters is 1. The van der Waals surface area contributed by atoms with E-state index in [1.807, 2.05) is 0 Å². The van der Waals surface area contributed by atoms with E-state index in [9.17, 15) is 26.4 Å². The molecule has 0 amide bonds. The van der Waals surface area contributed by atoms with Gasteiger partial charge < -0.3 is 4.74 Å². The third-order valence-electron chi connectivity index (χ3n) is 3.12. The van der Waals surface area contributed by atoms with Crippen LogP contribution in [0.25, 0.3) is 0 Å². The van der Waals surface area contributed by atoms with Gasteiger partial charge in [-0.05, 0) is 42.5 Å². The summed E-state index contributed by atoms with van der Waals surface area (Å²) in [5.41, 5.74) is -1.23. The molecule has 0 saturated heterocycles. The van der Waals surface area contributed by atoms with Gasteiger partial charge in [0.25, 0.3) is 10.0 Å². The van der Waals surface area contributed by atoms with Crippen molar-refractivity contribution in [3.05, 3.63) is 58.6 Å². The second-order valence-corrected chi connectivity index (χ2v) is 6.93. The molecule has 0 heterocycles. The number of halogens is 4. The minimum absolute atomic E-state index is 0.0950. The van der Waals surface area contributed by atoms with E-state index in [-0.39, 0.29) is 16.3 Å². The number of nitrogens with one attached hydrogen (secondary N) is 1. The van der Waals surface area contributed by atoms with Crippen molar-refractivity contribution in [1.82, 2.24) is 0 Å². The summed E-state index contributed by atoms with van der Waals surface area (Å²) in [5.74, 6) is -0.804. The van der Waals surface area contributed by atoms with Gasteiger partial charge in [-0.1, -0.05) is 11.6 Å². The zero-order chi connectivity index (χ0) is 18.8. The fraction of sp³-hybridized carbons (Fsp3) is 0.133. The molecule has 10 heteroatoms. The molecule has 25 heavy (non-hydrogen) atoms. The van der Waals surface area contributed by atoms with E-state index in [2.05, 4.69) is 9.46 Å². The Hall–Kier alpha value is -2.26. The van der Waals surface area contributed by atoms with Gasteiger partial charge in [-0.3, -0.25) is 4.72 Å². The highest BCUT2D eigenvalue weighted by Crippen LogP contribution is 2.30. The van der Waals surface area contributed by atoms with Crippen LogP contribution in [0.1, 0.15) is 15.9 Å². The molecule has 0 spiro atoms. The molecule has 0 aromatic heterocycles. The van der Waals surface area contributed by atoms with Crippen molar-refractivity contribution in [2.24, 2.45) is 0 Å². The largest absolute Gasteiger partial charge is 0.465 e. The first-order valence-electron chi connectivity index (χ1n) is 6.62. The van der Waals surface area contributed by atoms with Gasteiger partial charge in [0.2, 0.25) is 0 Å². The van der Waals surface area contributed by atoms with Gasteiger partial charge in [-0.2, -0.15) is 13.2 Å². The quantitative estimate of drug-likeness (QED) is 0.798. The number of benzene rings is 2. The van der Waals surface area contributed by atoms with Gasteiger partial charge >= 0.3 is 12.1 Å². The zero-order valence-corrected chi connectivity index (χ0v) is 14.2. The number of hydrogen-bond acceptors (Lipinski definition) is 4. The molecular formula is C15H11ClF3NO4S. The van der Waals surface area contributed by atoms with E-state index in [1.54, 1.807) is 0 Å². The van der Waals surface area contributed by atoms with Gasteiger partial charge in [0, 0.05) is 5.02 Å². The summed E-state index contributed by atoms with van der Waals surface area (Å²) in [4.78, 5) is 11.3. The fourth-order valence-electron chi connectivity index (χ4n) is 1.92. The van der Waals surface area contributed by atoms with Crippen molar-refractivity contribution < 1.29 is 31.1 Å². The van der Waals surface area contributed by atoms with E-state index >= 15 is 0 Å². The smallest absolute Gasteiger partial charge is 0.416 e. The van der Waals surface area contributed by atoms with E-state index in [0.29, 0.717) is 12.1 Å². The molecule has 0 aliphatic heterocycles. The van der Waals surface area contributed by atoms with Crippen LogP contribution < -0.4 is 4.72 Å². The molecule has 134 valence electrons. The Bertz CT molecular complexity index is 896. The van der Waals surface area contributed by atoms with Crippen molar-refractivity contribution >= 4 is 33.3 Å². The Kier molecular flexibility index (Phi) is 5.28. The van der Waals surface area contributed by atoms with E-state index in [4.69, 9.17) is 11.6 Å². The van der Waals surface area contributed by atoms with Gasteiger partial charge in [-0.25, -0.2) is 13.2 Å². The van der Waals surface area contributed by atoms with Crippen LogP contribution in [0.2, 0.25) is 5.02 Å². The minimum atomic E-state index is -4.58. The molecule has 1 N–H and O–H groups in total. The molecule has 2 aromatic rings. The van der Waals surface area contributed by atoms with Crippen LogP contribution in [0.3, 0.4) is 0 Å². The lowest BCUT2D eigenvalue weighted by atomic mass is 10.2. The highest BCUT2D eigenvalue weighted by molar-refractivity contribution is 7.92. The maximum atomic E-state index is 12.6. The summed E-state index contributed by atoms with van der Waals surface area (Å²) in [5, 5.41) is 0.151. The number of anilines is 1. The standard InChI is InChI=1S/C15H11ClF3NO4S/c1-24-14(21)12-7-4-10(16)8-13(12)20-25(22,23)11-5-2-9(3-6-11)15(17,18)19/h2-8,20H,1H3. The van der Waals surface area contributed by atoms with Gasteiger partial charge in [0.1, 0.15) is 0 Å². The second kappa shape index (κ2) is 6.93. The van der Waals surface area contributed by atoms with Gasteiger partial charge in [0.15, 0.2) is 0 Å². The first-order valence-corrected chi connectivity index (χ1v) is 8.48. The molecule has 0 bridgehead atoms. The van der Waals surface area contributed by atoms with Gasteiger partial charge in [0.05, 0.1) is 28.8 Å². The normalized spacial score (nSPS) is 11.9. The molecule has 0 fully saturated rings. The van der Waals surface area contributed by atoms with Crippen molar-refractivity contribution in [3.63, 3.8) is 0 Å². The van der Waals surface area contributed by atoms with Crippen molar-refractivity contribution in [2.75, 3.05) is 11.8 Å². The topological polar surface area (TPSA) is 72.5 Å². The van der Waals surface area contributed by atoms with Gasteiger partial charge in [-0.15, -0.1) is 0 Å². The van der Waals surface area contributed by atoms with E-state index in [0.717, 1.165) is 19.2 Å². The Morgan fingerprint density at radius 2 is 1.72 bits per heavy atom. The maximum Gasteiger partial charge on any atom is 0.416 e.